The van der Waals surface area contributed by atoms with E-state index in [-0.39, 0.29) is 5.92 Å². The van der Waals surface area contributed by atoms with Gasteiger partial charge in [0, 0.05) is 0 Å². The minimum absolute atomic E-state index is 0.183. The fraction of sp³-hybridized carbons (Fsp3) is 0.732. The van der Waals surface area contributed by atoms with E-state index in [1.807, 2.05) is 0 Å². The van der Waals surface area contributed by atoms with Crippen LogP contribution in [0.2, 0.25) is 0 Å². The maximum atomic E-state index is 13.5. The molecule has 14 fully saturated rings. The molecule has 0 radical (unpaired) electrons. The lowest BCUT2D eigenvalue weighted by molar-refractivity contribution is 0.137. The summed E-state index contributed by atoms with van der Waals surface area (Å²) in [5, 5.41) is 0. The lowest BCUT2D eigenvalue weighted by Gasteiger charge is -2.39. The number of halogens is 11. The zero-order valence-electron chi connectivity index (χ0n) is 75.4. The second-order valence-corrected chi connectivity index (χ2v) is 44.0. The molecule has 0 spiro atoms. The van der Waals surface area contributed by atoms with Gasteiger partial charge < -0.3 is 0 Å². The fourth-order valence-corrected chi connectivity index (χ4v) is 27.8. The third-order valence-electron chi connectivity index (χ3n) is 36.4. The van der Waals surface area contributed by atoms with Crippen LogP contribution < -0.4 is 0 Å². The first-order chi connectivity index (χ1) is 59.8. The molecule has 14 aliphatic carbocycles. The molecule has 5 aromatic rings. The Bertz CT molecular complexity index is 3930. The Labute approximate surface area is 735 Å². The van der Waals surface area contributed by atoms with Crippen LogP contribution in [0.1, 0.15) is 430 Å². The Balaban J connectivity index is 0.000000119. The van der Waals surface area contributed by atoms with Gasteiger partial charge in [0.05, 0.1) is 0 Å². The molecule has 0 saturated heterocycles. The molecule has 0 unspecified atom stereocenters. The van der Waals surface area contributed by atoms with Crippen molar-refractivity contribution in [2.45, 2.75) is 403 Å². The van der Waals surface area contributed by atoms with Crippen molar-refractivity contribution < 1.29 is 48.3 Å². The first-order valence-electron chi connectivity index (χ1n) is 51.8. The molecule has 14 aliphatic rings. The maximum Gasteiger partial charge on any atom is 0.194 e. The highest BCUT2D eigenvalue weighted by molar-refractivity contribution is 5.27. The second kappa shape index (κ2) is 45.7. The molecule has 0 amide bonds. The van der Waals surface area contributed by atoms with Gasteiger partial charge in [0.15, 0.2) is 64.0 Å². The Morgan fingerprint density at radius 3 is 0.577 bits per heavy atom. The molecule has 0 aliphatic heterocycles. The van der Waals surface area contributed by atoms with Crippen molar-refractivity contribution in [3.8, 4) is 0 Å². The summed E-state index contributed by atoms with van der Waals surface area (Å²) >= 11 is 0. The van der Waals surface area contributed by atoms with Crippen molar-refractivity contribution in [1.29, 1.82) is 0 Å². The van der Waals surface area contributed by atoms with Crippen molar-refractivity contribution >= 4 is 0 Å². The largest absolute Gasteiger partial charge is 0.204 e. The number of hydrogen-bond donors (Lipinski definition) is 0. The van der Waals surface area contributed by atoms with E-state index in [9.17, 15) is 48.3 Å². The molecule has 123 heavy (non-hydrogen) atoms. The predicted octanol–water partition coefficient (Wildman–Crippen LogP) is 35.5. The molecule has 11 heteroatoms. The fourth-order valence-electron chi connectivity index (χ4n) is 27.8. The van der Waals surface area contributed by atoms with Gasteiger partial charge in [-0.1, -0.05) is 185 Å². The van der Waals surface area contributed by atoms with E-state index in [2.05, 4.69) is 6.92 Å². The smallest absolute Gasteiger partial charge is 0.194 e. The summed E-state index contributed by atoms with van der Waals surface area (Å²) in [6.07, 6.45) is 77.6. The van der Waals surface area contributed by atoms with Crippen LogP contribution in [0.3, 0.4) is 0 Å². The summed E-state index contributed by atoms with van der Waals surface area (Å²) in [5.41, 5.74) is 4.64. The van der Waals surface area contributed by atoms with Gasteiger partial charge in [-0.25, -0.2) is 48.3 Å². The SMILES string of the molecule is CCC1CCC(C2CCC(c3cc(F)c(F)c(F)c3)CC2)CC1.Fc1ccc(C2CCC(C3CCC(CC4CC4)CC3)CC2)cc1F.Fc1ccc(C2CCC(C3CCC(CC4CCC4)CC3)CC2)cc1F.Fc1ccc(C2CCC(C3CCC(CC4CCCC4)CC3)CC2)cc1F.Fc1ccc(C2CCC(C3CCC(CCC4CC4)CC3)CC2)cc1F. The topological polar surface area (TPSA) is 0 Å². The first kappa shape index (κ1) is 93.0. The summed E-state index contributed by atoms with van der Waals surface area (Å²) in [5.74, 6) is 10.9. The van der Waals surface area contributed by atoms with Crippen LogP contribution in [-0.2, 0) is 0 Å². The molecule has 0 N–H and O–H groups in total. The van der Waals surface area contributed by atoms with E-state index in [1.54, 1.807) is 24.3 Å². The standard InChI is InChI=1S/C24H34F2.2C23H32F2.C22H30F2.C20H27F3/c25-23-14-13-22(16-24(23)26)21-11-9-20(10-12-21)19-7-5-18(6-8-19)15-17-3-1-2-4-17;24-22-14-13-21(15-23(22)25)20-11-9-19(10-12-20)18-7-5-17(6-8-18)4-3-16-1-2-16;24-22-13-12-21(15-23(22)25)20-10-8-19(9-11-20)18-6-4-17(5-7-18)14-16-2-1-3-16;23-21-12-11-20(14-22(21)24)19-9-7-18(8-10-19)17-5-3-16(4-6-17)13-15-1-2-15;1-2-13-3-5-14(6-4-13)15-7-9-16(10-8-15)17-11-18(21)20(23)19(22)12-17/h13-14,16-21H,1-12,15H2;13-20H,1-12H2;12-13,15-20H,1-11,14H2;11-12,14-19H,1-10,13H2;11-16H,2-10H2,1H3. The van der Waals surface area contributed by atoms with Crippen LogP contribution in [0.4, 0.5) is 48.3 Å². The number of benzene rings is 5. The van der Waals surface area contributed by atoms with Gasteiger partial charge in [-0.2, -0.15) is 0 Å². The Hall–Kier alpha value is -4.67. The molecule has 0 heterocycles. The van der Waals surface area contributed by atoms with Crippen molar-refractivity contribution in [2.75, 3.05) is 0 Å². The first-order valence-corrected chi connectivity index (χ1v) is 51.8. The van der Waals surface area contributed by atoms with Crippen LogP contribution in [0.25, 0.3) is 0 Å². The number of rotatable bonds is 20. The van der Waals surface area contributed by atoms with Gasteiger partial charge in [-0.15, -0.1) is 0 Å². The van der Waals surface area contributed by atoms with Crippen LogP contribution in [0.5, 0.6) is 0 Å². The van der Waals surface area contributed by atoms with Gasteiger partial charge in [0.25, 0.3) is 0 Å². The average Bonchev–Trinajstić information content (AvgIpc) is 1.68. The summed E-state index contributed by atoms with van der Waals surface area (Å²) < 4.78 is 146. The van der Waals surface area contributed by atoms with E-state index in [0.29, 0.717) is 29.2 Å². The minimum Gasteiger partial charge on any atom is -0.204 e. The van der Waals surface area contributed by atoms with E-state index >= 15 is 0 Å². The Morgan fingerprint density at radius 2 is 0.366 bits per heavy atom. The van der Waals surface area contributed by atoms with Crippen LogP contribution in [0, 0.1) is 176 Å². The molecular weight excluding hydrogens is 1550 g/mol. The number of hydrogen-bond acceptors (Lipinski definition) is 0. The quantitative estimate of drug-likeness (QED) is 0.0538. The molecule has 19 rings (SSSR count). The van der Waals surface area contributed by atoms with Crippen molar-refractivity contribution in [2.24, 2.45) is 112 Å². The lowest BCUT2D eigenvalue weighted by atomic mass is 9.66. The third-order valence-corrected chi connectivity index (χ3v) is 36.4. The maximum absolute atomic E-state index is 13.5. The summed E-state index contributed by atoms with van der Waals surface area (Å²) in [4.78, 5) is 0. The summed E-state index contributed by atoms with van der Waals surface area (Å²) in [6, 6.07) is 20.4. The minimum atomic E-state index is -1.35. The average molecular weight is 1710 g/mol. The van der Waals surface area contributed by atoms with Gasteiger partial charge in [-0.05, 0) is 442 Å². The predicted molar refractivity (Wildman–Crippen MR) is 481 cm³/mol. The van der Waals surface area contributed by atoms with E-state index in [4.69, 9.17) is 0 Å². The van der Waals surface area contributed by atoms with Gasteiger partial charge in [0.1, 0.15) is 0 Å². The zero-order chi connectivity index (χ0) is 85.3. The lowest BCUT2D eigenvalue weighted by Crippen LogP contribution is -2.27. The zero-order valence-corrected chi connectivity index (χ0v) is 75.4. The Morgan fingerprint density at radius 1 is 0.179 bits per heavy atom. The van der Waals surface area contributed by atoms with Crippen molar-refractivity contribution in [3.05, 3.63) is 177 Å². The van der Waals surface area contributed by atoms with E-state index in [0.717, 1.165) is 212 Å². The highest BCUT2D eigenvalue weighted by Gasteiger charge is 2.40. The molecule has 0 nitrogen and oxygen atoms in total. The highest BCUT2D eigenvalue weighted by atomic mass is 19.2. The molecule has 14 saturated carbocycles. The molecule has 0 aromatic heterocycles. The molecule has 680 valence electrons. The van der Waals surface area contributed by atoms with Gasteiger partial charge in [-0.3, -0.25) is 0 Å². The van der Waals surface area contributed by atoms with E-state index < -0.39 is 64.0 Å². The summed E-state index contributed by atoms with van der Waals surface area (Å²) in [6.45, 7) is 2.29. The molecule has 5 aromatic carbocycles. The monoisotopic (exact) mass is 1710 g/mol. The molecule has 0 bridgehead atoms. The molecular formula is C112H155F11. The second-order valence-electron chi connectivity index (χ2n) is 44.0. The van der Waals surface area contributed by atoms with Crippen molar-refractivity contribution in [3.63, 3.8) is 0 Å². The molecule has 0 atom stereocenters. The van der Waals surface area contributed by atoms with Crippen LogP contribution in [0.15, 0.2) is 84.9 Å². The van der Waals surface area contributed by atoms with Gasteiger partial charge >= 0.3 is 0 Å². The Kier molecular flexibility index (Phi) is 34.6. The van der Waals surface area contributed by atoms with Crippen LogP contribution in [-0.4, -0.2) is 0 Å². The summed E-state index contributed by atoms with van der Waals surface area (Å²) in [7, 11) is 0. The van der Waals surface area contributed by atoms with Crippen molar-refractivity contribution in [1.82, 2.24) is 0 Å². The van der Waals surface area contributed by atoms with Gasteiger partial charge in [0.2, 0.25) is 0 Å². The normalized spacial score (nSPS) is 33.4. The highest BCUT2D eigenvalue weighted by Crippen LogP contribution is 2.53. The van der Waals surface area contributed by atoms with E-state index in [1.165, 1.54) is 350 Å². The third kappa shape index (κ3) is 26.8. The van der Waals surface area contributed by atoms with Crippen LogP contribution >= 0.6 is 0 Å².